The first-order valence-electron chi connectivity index (χ1n) is 6.03. The fourth-order valence-corrected chi connectivity index (χ4v) is 2.57. The Kier molecular flexibility index (Phi) is 4.70. The highest BCUT2D eigenvalue weighted by atomic mass is 32.1. The molecule has 0 bridgehead atoms. The molecule has 0 aliphatic carbocycles. The zero-order valence-corrected chi connectivity index (χ0v) is 11.9. The van der Waals surface area contributed by atoms with Crippen molar-refractivity contribution in [3.8, 4) is 22.1 Å². The molecule has 0 spiro atoms. The van der Waals surface area contributed by atoms with Crippen LogP contribution in [-0.2, 0) is 6.42 Å². The first-order chi connectivity index (χ1) is 9.28. The Bertz CT molecular complexity index is 542. The molecule has 0 unspecified atom stereocenters. The minimum Gasteiger partial charge on any atom is -0.493 e. The average Bonchev–Trinajstić information content (AvgIpc) is 2.93. The normalized spacial score (nSPS) is 10.5. The molecule has 2 aromatic rings. The standard InChI is InChI=1S/C13H17N3O2S/c1-17-10-6-5-9(8-11(10)18-2)13-16-15-12(19-13)4-3-7-14/h5-6,8H,3-4,7,14H2,1-2H3. The highest BCUT2D eigenvalue weighted by molar-refractivity contribution is 7.14. The molecule has 2 N–H and O–H groups in total. The quantitative estimate of drug-likeness (QED) is 0.877. The number of methoxy groups -OCH3 is 2. The molecule has 0 radical (unpaired) electrons. The lowest BCUT2D eigenvalue weighted by molar-refractivity contribution is 0.355. The van der Waals surface area contributed by atoms with Gasteiger partial charge in [0.15, 0.2) is 11.5 Å². The second-order valence-electron chi connectivity index (χ2n) is 3.96. The van der Waals surface area contributed by atoms with E-state index in [4.69, 9.17) is 15.2 Å². The molecule has 0 saturated heterocycles. The number of hydrogen-bond donors (Lipinski definition) is 1. The lowest BCUT2D eigenvalue weighted by atomic mass is 10.2. The smallest absolute Gasteiger partial charge is 0.161 e. The highest BCUT2D eigenvalue weighted by Gasteiger charge is 2.10. The van der Waals surface area contributed by atoms with Crippen LogP contribution >= 0.6 is 11.3 Å². The Labute approximate surface area is 116 Å². The Morgan fingerprint density at radius 1 is 1.16 bits per heavy atom. The van der Waals surface area contributed by atoms with E-state index in [1.165, 1.54) is 0 Å². The number of benzene rings is 1. The largest absolute Gasteiger partial charge is 0.493 e. The number of nitrogens with zero attached hydrogens (tertiary/aromatic N) is 2. The Morgan fingerprint density at radius 2 is 1.95 bits per heavy atom. The minimum atomic E-state index is 0.672. The third kappa shape index (κ3) is 3.21. The van der Waals surface area contributed by atoms with Gasteiger partial charge in [0.25, 0.3) is 0 Å². The molecule has 1 heterocycles. The average molecular weight is 279 g/mol. The van der Waals surface area contributed by atoms with Gasteiger partial charge in [-0.1, -0.05) is 11.3 Å². The molecule has 0 aliphatic rings. The predicted octanol–water partition coefficient (Wildman–Crippen LogP) is 2.11. The van der Waals surface area contributed by atoms with E-state index in [1.807, 2.05) is 18.2 Å². The lowest BCUT2D eigenvalue weighted by Gasteiger charge is -2.07. The fraction of sp³-hybridized carbons (Fsp3) is 0.385. The number of aromatic nitrogens is 2. The number of hydrogen-bond acceptors (Lipinski definition) is 6. The summed E-state index contributed by atoms with van der Waals surface area (Å²) in [6, 6.07) is 5.73. The third-order valence-corrected chi connectivity index (χ3v) is 3.72. The van der Waals surface area contributed by atoms with Gasteiger partial charge in [-0.15, -0.1) is 10.2 Å². The molecule has 0 saturated carbocycles. The molecule has 0 atom stereocenters. The summed E-state index contributed by atoms with van der Waals surface area (Å²) in [5.74, 6) is 1.40. The summed E-state index contributed by atoms with van der Waals surface area (Å²) in [5, 5.41) is 10.3. The van der Waals surface area contributed by atoms with Gasteiger partial charge in [-0.05, 0) is 31.2 Å². The van der Waals surface area contributed by atoms with Crippen LogP contribution < -0.4 is 15.2 Å². The van der Waals surface area contributed by atoms with E-state index in [1.54, 1.807) is 25.6 Å². The van der Waals surface area contributed by atoms with E-state index in [-0.39, 0.29) is 0 Å². The zero-order chi connectivity index (χ0) is 13.7. The number of aryl methyl sites for hydroxylation is 1. The van der Waals surface area contributed by atoms with Gasteiger partial charge < -0.3 is 15.2 Å². The van der Waals surface area contributed by atoms with E-state index in [0.29, 0.717) is 18.0 Å². The maximum Gasteiger partial charge on any atom is 0.161 e. The van der Waals surface area contributed by atoms with Crippen molar-refractivity contribution >= 4 is 11.3 Å². The van der Waals surface area contributed by atoms with Gasteiger partial charge in [-0.25, -0.2) is 0 Å². The van der Waals surface area contributed by atoms with Crippen molar-refractivity contribution in [3.05, 3.63) is 23.2 Å². The molecule has 2 rings (SSSR count). The van der Waals surface area contributed by atoms with Crippen LogP contribution in [0.1, 0.15) is 11.4 Å². The zero-order valence-electron chi connectivity index (χ0n) is 11.0. The van der Waals surface area contributed by atoms with Crippen LogP contribution in [0.2, 0.25) is 0 Å². The molecular formula is C13H17N3O2S. The summed E-state index contributed by atoms with van der Waals surface area (Å²) in [6.45, 7) is 0.672. The van der Waals surface area contributed by atoms with Crippen molar-refractivity contribution in [2.75, 3.05) is 20.8 Å². The van der Waals surface area contributed by atoms with Crippen LogP contribution in [0.5, 0.6) is 11.5 Å². The number of nitrogens with two attached hydrogens (primary N) is 1. The van der Waals surface area contributed by atoms with Crippen molar-refractivity contribution in [1.82, 2.24) is 10.2 Å². The van der Waals surface area contributed by atoms with Gasteiger partial charge in [0.1, 0.15) is 10.0 Å². The maximum atomic E-state index is 5.49. The molecule has 0 aliphatic heterocycles. The van der Waals surface area contributed by atoms with Crippen molar-refractivity contribution in [1.29, 1.82) is 0 Å². The molecule has 19 heavy (non-hydrogen) atoms. The Balaban J connectivity index is 2.23. The summed E-state index contributed by atoms with van der Waals surface area (Å²) in [5.41, 5.74) is 6.47. The van der Waals surface area contributed by atoms with Gasteiger partial charge in [-0.2, -0.15) is 0 Å². The van der Waals surface area contributed by atoms with Gasteiger partial charge in [0.2, 0.25) is 0 Å². The van der Waals surface area contributed by atoms with Gasteiger partial charge in [0.05, 0.1) is 14.2 Å². The first kappa shape index (κ1) is 13.8. The molecule has 6 heteroatoms. The second-order valence-corrected chi connectivity index (χ2v) is 5.03. The van der Waals surface area contributed by atoms with E-state index in [0.717, 1.165) is 28.4 Å². The summed E-state index contributed by atoms with van der Waals surface area (Å²) < 4.78 is 10.5. The van der Waals surface area contributed by atoms with E-state index in [2.05, 4.69) is 10.2 Å². The second kappa shape index (κ2) is 6.49. The van der Waals surface area contributed by atoms with Crippen LogP contribution in [0.3, 0.4) is 0 Å². The van der Waals surface area contributed by atoms with Crippen molar-refractivity contribution in [3.63, 3.8) is 0 Å². The van der Waals surface area contributed by atoms with Crippen LogP contribution in [0.15, 0.2) is 18.2 Å². The van der Waals surface area contributed by atoms with Crippen LogP contribution in [-0.4, -0.2) is 31.0 Å². The molecule has 0 fully saturated rings. The van der Waals surface area contributed by atoms with Gasteiger partial charge in [0, 0.05) is 12.0 Å². The van der Waals surface area contributed by atoms with Crippen molar-refractivity contribution < 1.29 is 9.47 Å². The topological polar surface area (TPSA) is 70.3 Å². The molecular weight excluding hydrogens is 262 g/mol. The molecule has 5 nitrogen and oxygen atoms in total. The Hall–Kier alpha value is -1.66. The van der Waals surface area contributed by atoms with E-state index >= 15 is 0 Å². The highest BCUT2D eigenvalue weighted by Crippen LogP contribution is 2.33. The predicted molar refractivity (Wildman–Crippen MR) is 75.8 cm³/mol. The summed E-state index contributed by atoms with van der Waals surface area (Å²) in [6.07, 6.45) is 1.81. The summed E-state index contributed by atoms with van der Waals surface area (Å²) >= 11 is 1.58. The molecule has 1 aromatic heterocycles. The molecule has 102 valence electrons. The van der Waals surface area contributed by atoms with Crippen LogP contribution in [0.4, 0.5) is 0 Å². The van der Waals surface area contributed by atoms with Crippen molar-refractivity contribution in [2.24, 2.45) is 5.73 Å². The summed E-state index contributed by atoms with van der Waals surface area (Å²) in [7, 11) is 3.24. The van der Waals surface area contributed by atoms with E-state index < -0.39 is 0 Å². The molecule has 1 aromatic carbocycles. The SMILES string of the molecule is COc1ccc(-c2nnc(CCCN)s2)cc1OC. The molecule has 0 amide bonds. The van der Waals surface area contributed by atoms with E-state index in [9.17, 15) is 0 Å². The summed E-state index contributed by atoms with van der Waals surface area (Å²) in [4.78, 5) is 0. The minimum absolute atomic E-state index is 0.672. The van der Waals surface area contributed by atoms with Crippen molar-refractivity contribution in [2.45, 2.75) is 12.8 Å². The number of ether oxygens (including phenoxy) is 2. The monoisotopic (exact) mass is 279 g/mol. The lowest BCUT2D eigenvalue weighted by Crippen LogP contribution is -1.99. The number of rotatable bonds is 6. The van der Waals surface area contributed by atoms with Crippen LogP contribution in [0.25, 0.3) is 10.6 Å². The first-order valence-corrected chi connectivity index (χ1v) is 6.85. The van der Waals surface area contributed by atoms with Gasteiger partial charge in [-0.3, -0.25) is 0 Å². The maximum absolute atomic E-state index is 5.49. The Morgan fingerprint density at radius 3 is 2.63 bits per heavy atom. The van der Waals surface area contributed by atoms with Crippen LogP contribution in [0, 0.1) is 0 Å². The van der Waals surface area contributed by atoms with Gasteiger partial charge >= 0.3 is 0 Å². The third-order valence-electron chi connectivity index (χ3n) is 2.69. The fourth-order valence-electron chi connectivity index (χ4n) is 1.69.